The lowest BCUT2D eigenvalue weighted by molar-refractivity contribution is 0.104. The van der Waals surface area contributed by atoms with Crippen molar-refractivity contribution in [2.45, 2.75) is 19.3 Å². The molecule has 1 fully saturated rings. The van der Waals surface area contributed by atoms with E-state index in [4.69, 9.17) is 9.47 Å². The predicted molar refractivity (Wildman–Crippen MR) is 97.6 cm³/mol. The average molecular weight is 337 g/mol. The van der Waals surface area contributed by atoms with Crippen molar-refractivity contribution in [3.05, 3.63) is 47.5 Å². The van der Waals surface area contributed by atoms with Crippen LogP contribution in [0.15, 0.2) is 36.4 Å². The highest BCUT2D eigenvalue weighted by molar-refractivity contribution is 6.22. The highest BCUT2D eigenvalue weighted by Crippen LogP contribution is 2.43. The summed E-state index contributed by atoms with van der Waals surface area (Å²) in [4.78, 5) is 12.7. The van der Waals surface area contributed by atoms with E-state index in [-0.39, 0.29) is 5.78 Å². The molecular weight excluding hydrogens is 314 g/mol. The Morgan fingerprint density at radius 3 is 2.88 bits per heavy atom. The van der Waals surface area contributed by atoms with Gasteiger partial charge in [-0.3, -0.25) is 4.79 Å². The van der Waals surface area contributed by atoms with Gasteiger partial charge in [0.1, 0.15) is 11.5 Å². The van der Waals surface area contributed by atoms with E-state index < -0.39 is 0 Å². The van der Waals surface area contributed by atoms with Crippen LogP contribution in [0.3, 0.4) is 0 Å². The Kier molecular flexibility index (Phi) is 4.45. The van der Waals surface area contributed by atoms with Crippen molar-refractivity contribution in [1.82, 2.24) is 5.32 Å². The van der Waals surface area contributed by atoms with Gasteiger partial charge in [-0.05, 0) is 68.1 Å². The highest BCUT2D eigenvalue weighted by Gasteiger charge is 2.29. The molecule has 4 nitrogen and oxygen atoms in total. The molecular formula is C21H23NO3. The molecule has 0 saturated carbocycles. The van der Waals surface area contributed by atoms with Gasteiger partial charge in [-0.1, -0.05) is 12.1 Å². The molecule has 0 spiro atoms. The minimum atomic E-state index is 0.0476. The minimum absolute atomic E-state index is 0.0476. The molecule has 1 N–H and O–H groups in total. The first-order valence-electron chi connectivity index (χ1n) is 8.97. The van der Waals surface area contributed by atoms with Crippen LogP contribution < -0.4 is 14.8 Å². The molecule has 4 heteroatoms. The van der Waals surface area contributed by atoms with Crippen molar-refractivity contribution in [3.63, 3.8) is 0 Å². The normalized spacial score (nSPS) is 18.1. The fourth-order valence-electron chi connectivity index (χ4n) is 3.83. The lowest BCUT2D eigenvalue weighted by Gasteiger charge is -2.12. The second-order valence-electron chi connectivity index (χ2n) is 6.77. The molecule has 2 aromatic rings. The van der Waals surface area contributed by atoms with Gasteiger partial charge in [0.25, 0.3) is 0 Å². The molecule has 130 valence electrons. The summed E-state index contributed by atoms with van der Waals surface area (Å²) in [6, 6.07) is 11.4. The fraction of sp³-hybridized carbons (Fsp3) is 0.381. The van der Waals surface area contributed by atoms with E-state index in [1.165, 1.54) is 12.8 Å². The number of fused-ring (bicyclic) bond motifs is 3. The maximum absolute atomic E-state index is 12.7. The molecule has 1 saturated heterocycles. The van der Waals surface area contributed by atoms with E-state index in [2.05, 4.69) is 5.32 Å². The molecule has 1 aliphatic heterocycles. The Bertz CT molecular complexity index is 794. The van der Waals surface area contributed by atoms with Gasteiger partial charge in [0, 0.05) is 16.7 Å². The molecule has 0 amide bonds. The molecule has 25 heavy (non-hydrogen) atoms. The first-order chi connectivity index (χ1) is 12.3. The van der Waals surface area contributed by atoms with Gasteiger partial charge < -0.3 is 14.8 Å². The third kappa shape index (κ3) is 3.02. The first kappa shape index (κ1) is 16.2. The SMILES string of the molecule is COc1ccc2c(c1)C(=O)c1cccc(OCCCC3CCNC3)c1-2. The number of benzene rings is 2. The van der Waals surface area contributed by atoms with Crippen molar-refractivity contribution in [3.8, 4) is 22.6 Å². The van der Waals surface area contributed by atoms with Gasteiger partial charge in [-0.15, -0.1) is 0 Å². The summed E-state index contributed by atoms with van der Waals surface area (Å²) in [6.45, 7) is 2.96. The van der Waals surface area contributed by atoms with Crippen molar-refractivity contribution in [1.29, 1.82) is 0 Å². The number of ether oxygens (including phenoxy) is 2. The van der Waals surface area contributed by atoms with Crippen LogP contribution in [-0.2, 0) is 0 Å². The zero-order valence-corrected chi connectivity index (χ0v) is 14.5. The predicted octanol–water partition coefficient (Wildman–Crippen LogP) is 3.68. The Morgan fingerprint density at radius 1 is 1.16 bits per heavy atom. The molecule has 0 radical (unpaired) electrons. The second kappa shape index (κ2) is 6.89. The zero-order valence-electron chi connectivity index (χ0n) is 14.5. The van der Waals surface area contributed by atoms with E-state index in [0.29, 0.717) is 17.9 Å². The van der Waals surface area contributed by atoms with Crippen molar-refractivity contribution >= 4 is 5.78 Å². The second-order valence-corrected chi connectivity index (χ2v) is 6.77. The number of hydrogen-bond donors (Lipinski definition) is 1. The third-order valence-corrected chi connectivity index (χ3v) is 5.19. The van der Waals surface area contributed by atoms with E-state index in [9.17, 15) is 4.79 Å². The van der Waals surface area contributed by atoms with Crippen LogP contribution in [-0.4, -0.2) is 32.6 Å². The van der Waals surface area contributed by atoms with E-state index in [0.717, 1.165) is 47.9 Å². The summed E-state index contributed by atoms with van der Waals surface area (Å²) in [7, 11) is 1.61. The quantitative estimate of drug-likeness (QED) is 0.697. The molecule has 1 unspecified atom stereocenters. The van der Waals surface area contributed by atoms with Crippen molar-refractivity contribution < 1.29 is 14.3 Å². The Balaban J connectivity index is 1.52. The lowest BCUT2D eigenvalue weighted by atomic mass is 10.0. The largest absolute Gasteiger partial charge is 0.497 e. The van der Waals surface area contributed by atoms with E-state index in [1.807, 2.05) is 36.4 Å². The van der Waals surface area contributed by atoms with Crippen LogP contribution in [0.4, 0.5) is 0 Å². The van der Waals surface area contributed by atoms with Crippen LogP contribution in [0.1, 0.15) is 35.2 Å². The number of methoxy groups -OCH3 is 1. The summed E-state index contributed by atoms with van der Waals surface area (Å²) in [5, 5.41) is 3.40. The van der Waals surface area contributed by atoms with E-state index >= 15 is 0 Å². The van der Waals surface area contributed by atoms with Gasteiger partial charge in [0.2, 0.25) is 0 Å². The first-order valence-corrected chi connectivity index (χ1v) is 8.97. The third-order valence-electron chi connectivity index (χ3n) is 5.19. The Morgan fingerprint density at radius 2 is 2.08 bits per heavy atom. The fourth-order valence-corrected chi connectivity index (χ4v) is 3.83. The van der Waals surface area contributed by atoms with Gasteiger partial charge in [0.15, 0.2) is 5.78 Å². The minimum Gasteiger partial charge on any atom is -0.497 e. The molecule has 0 bridgehead atoms. The maximum atomic E-state index is 12.7. The summed E-state index contributed by atoms with van der Waals surface area (Å²) in [5.41, 5.74) is 3.28. The highest BCUT2D eigenvalue weighted by atomic mass is 16.5. The van der Waals surface area contributed by atoms with Gasteiger partial charge in [-0.25, -0.2) is 0 Å². The van der Waals surface area contributed by atoms with Crippen LogP contribution in [0.5, 0.6) is 11.5 Å². The Labute approximate surface area is 148 Å². The van der Waals surface area contributed by atoms with Gasteiger partial charge in [-0.2, -0.15) is 0 Å². The maximum Gasteiger partial charge on any atom is 0.194 e. The van der Waals surface area contributed by atoms with Gasteiger partial charge in [0.05, 0.1) is 13.7 Å². The number of hydrogen-bond acceptors (Lipinski definition) is 4. The van der Waals surface area contributed by atoms with E-state index in [1.54, 1.807) is 7.11 Å². The van der Waals surface area contributed by atoms with Crippen molar-refractivity contribution in [2.24, 2.45) is 5.92 Å². The summed E-state index contributed by atoms with van der Waals surface area (Å²) < 4.78 is 11.3. The molecule has 4 rings (SSSR count). The number of carbonyl (C=O) groups is 1. The smallest absolute Gasteiger partial charge is 0.194 e. The molecule has 1 atom stereocenters. The molecule has 2 aromatic carbocycles. The number of nitrogens with one attached hydrogen (secondary N) is 1. The molecule has 0 aromatic heterocycles. The molecule has 1 heterocycles. The topological polar surface area (TPSA) is 47.6 Å². The monoisotopic (exact) mass is 337 g/mol. The van der Waals surface area contributed by atoms with Crippen LogP contribution in [0.2, 0.25) is 0 Å². The Hall–Kier alpha value is -2.33. The number of ketones is 1. The van der Waals surface area contributed by atoms with Crippen LogP contribution >= 0.6 is 0 Å². The van der Waals surface area contributed by atoms with Gasteiger partial charge >= 0.3 is 0 Å². The summed E-state index contributed by atoms with van der Waals surface area (Å²) >= 11 is 0. The number of rotatable bonds is 6. The van der Waals surface area contributed by atoms with Crippen molar-refractivity contribution in [2.75, 3.05) is 26.8 Å². The lowest BCUT2D eigenvalue weighted by Crippen LogP contribution is -2.10. The average Bonchev–Trinajstić information content (AvgIpc) is 3.26. The van der Waals surface area contributed by atoms with Crippen LogP contribution in [0, 0.1) is 5.92 Å². The molecule has 2 aliphatic rings. The number of carbonyl (C=O) groups excluding carboxylic acids is 1. The zero-order chi connectivity index (χ0) is 17.2. The summed E-state index contributed by atoms with van der Waals surface area (Å²) in [6.07, 6.45) is 3.50. The molecule has 1 aliphatic carbocycles. The summed E-state index contributed by atoms with van der Waals surface area (Å²) in [5.74, 6) is 2.33. The standard InChI is InChI=1S/C21H23NO3/c1-24-15-7-8-16-18(12-15)21(23)17-5-2-6-19(20(16)17)25-11-3-4-14-9-10-22-13-14/h2,5-8,12,14,22H,3-4,9-11,13H2,1H3. The van der Waals surface area contributed by atoms with Crippen LogP contribution in [0.25, 0.3) is 11.1 Å².